The highest BCUT2D eigenvalue weighted by Gasteiger charge is 2.27. The van der Waals surface area contributed by atoms with E-state index < -0.39 is 22.9 Å². The van der Waals surface area contributed by atoms with Gasteiger partial charge in [0.2, 0.25) is 0 Å². The van der Waals surface area contributed by atoms with Crippen molar-refractivity contribution >= 4 is 11.9 Å². The van der Waals surface area contributed by atoms with Crippen molar-refractivity contribution in [1.29, 1.82) is 0 Å². The van der Waals surface area contributed by atoms with E-state index in [0.29, 0.717) is 12.8 Å². The van der Waals surface area contributed by atoms with Gasteiger partial charge in [-0.3, -0.25) is 14.9 Å². The fourth-order valence-electron chi connectivity index (χ4n) is 1.82. The molecule has 7 nitrogen and oxygen atoms in total. The molecule has 19 heavy (non-hydrogen) atoms. The largest absolute Gasteiger partial charge is 0.481 e. The number of hydrogen-bond acceptors (Lipinski definition) is 4. The monoisotopic (exact) mass is 275 g/mol. The standard InChI is InChI=1S/C12H21NO6/c14-11(15)9-7-5-3-1-2-4-6-8-10(12(16)17)13(18)19/h10H,1-9H2,(H,14,15)(H,16,17). The first-order chi connectivity index (χ1) is 8.95. The van der Waals surface area contributed by atoms with Gasteiger partial charge in [-0.05, 0) is 12.8 Å². The van der Waals surface area contributed by atoms with Crippen LogP contribution in [0.5, 0.6) is 0 Å². The Morgan fingerprint density at radius 3 is 1.84 bits per heavy atom. The molecule has 0 aliphatic rings. The highest BCUT2D eigenvalue weighted by molar-refractivity contribution is 5.71. The Bertz CT molecular complexity index is 291. The molecule has 0 aromatic heterocycles. The van der Waals surface area contributed by atoms with Gasteiger partial charge in [-0.2, -0.15) is 0 Å². The van der Waals surface area contributed by atoms with Crippen molar-refractivity contribution in [2.75, 3.05) is 0 Å². The molecule has 0 aliphatic heterocycles. The van der Waals surface area contributed by atoms with Crippen molar-refractivity contribution in [2.24, 2.45) is 0 Å². The van der Waals surface area contributed by atoms with Gasteiger partial charge in [0.25, 0.3) is 0 Å². The first-order valence-electron chi connectivity index (χ1n) is 6.53. The molecular weight excluding hydrogens is 254 g/mol. The van der Waals surface area contributed by atoms with E-state index >= 15 is 0 Å². The van der Waals surface area contributed by atoms with Gasteiger partial charge in [0, 0.05) is 17.8 Å². The number of rotatable bonds is 12. The number of carboxylic acids is 2. The minimum atomic E-state index is -1.49. The second kappa shape index (κ2) is 10.3. The Morgan fingerprint density at radius 1 is 0.947 bits per heavy atom. The van der Waals surface area contributed by atoms with Crippen LogP contribution < -0.4 is 0 Å². The lowest BCUT2D eigenvalue weighted by Gasteiger charge is -2.04. The third-order valence-electron chi connectivity index (χ3n) is 2.91. The number of aliphatic carboxylic acids is 2. The third kappa shape index (κ3) is 9.99. The van der Waals surface area contributed by atoms with Crippen LogP contribution in [0.25, 0.3) is 0 Å². The average molecular weight is 275 g/mol. The maximum Gasteiger partial charge on any atom is 0.379 e. The number of carboxylic acid groups (broad SMARTS) is 2. The fraction of sp³-hybridized carbons (Fsp3) is 0.833. The van der Waals surface area contributed by atoms with Crippen molar-refractivity contribution in [2.45, 2.75) is 63.8 Å². The zero-order valence-corrected chi connectivity index (χ0v) is 10.9. The van der Waals surface area contributed by atoms with E-state index in [-0.39, 0.29) is 12.8 Å². The first-order valence-corrected chi connectivity index (χ1v) is 6.53. The minimum absolute atomic E-state index is 0.0708. The molecule has 0 amide bonds. The van der Waals surface area contributed by atoms with Crippen LogP contribution in [-0.4, -0.2) is 33.1 Å². The molecule has 0 saturated heterocycles. The summed E-state index contributed by atoms with van der Waals surface area (Å²) in [6.07, 6.45) is 5.93. The summed E-state index contributed by atoms with van der Waals surface area (Å²) < 4.78 is 0. The normalized spacial score (nSPS) is 12.0. The van der Waals surface area contributed by atoms with Crippen LogP contribution in [0.4, 0.5) is 0 Å². The Hall–Kier alpha value is -1.66. The predicted molar refractivity (Wildman–Crippen MR) is 67.6 cm³/mol. The van der Waals surface area contributed by atoms with E-state index in [1.807, 2.05) is 0 Å². The molecule has 0 fully saturated rings. The molecule has 0 aliphatic carbocycles. The molecule has 1 atom stereocenters. The average Bonchev–Trinajstić information content (AvgIpc) is 2.30. The van der Waals surface area contributed by atoms with Crippen molar-refractivity contribution in [3.8, 4) is 0 Å². The van der Waals surface area contributed by atoms with Crippen LogP contribution in [-0.2, 0) is 9.59 Å². The number of unbranched alkanes of at least 4 members (excludes halogenated alkanes) is 6. The summed E-state index contributed by atoms with van der Waals surface area (Å²) in [7, 11) is 0. The smallest absolute Gasteiger partial charge is 0.379 e. The predicted octanol–water partition coefficient (Wildman–Crippen LogP) is 2.31. The molecule has 2 N–H and O–H groups in total. The van der Waals surface area contributed by atoms with Gasteiger partial charge in [-0.1, -0.05) is 32.1 Å². The summed E-state index contributed by atoms with van der Waals surface area (Å²) in [4.78, 5) is 30.4. The molecule has 0 saturated carbocycles. The quantitative estimate of drug-likeness (QED) is 0.320. The number of carbonyl (C=O) groups is 2. The maximum absolute atomic E-state index is 10.5. The Balaban J connectivity index is 3.42. The fourth-order valence-corrected chi connectivity index (χ4v) is 1.82. The summed E-state index contributed by atoms with van der Waals surface area (Å²) in [5, 5.41) is 27.4. The number of hydrogen-bond donors (Lipinski definition) is 2. The lowest BCUT2D eigenvalue weighted by atomic mass is 10.0. The second-order valence-electron chi connectivity index (χ2n) is 4.55. The van der Waals surface area contributed by atoms with Crippen LogP contribution in [0.3, 0.4) is 0 Å². The minimum Gasteiger partial charge on any atom is -0.481 e. The topological polar surface area (TPSA) is 118 Å². The van der Waals surface area contributed by atoms with Gasteiger partial charge < -0.3 is 10.2 Å². The maximum atomic E-state index is 10.5. The van der Waals surface area contributed by atoms with Crippen molar-refractivity contribution in [3.05, 3.63) is 10.1 Å². The Morgan fingerprint density at radius 2 is 1.42 bits per heavy atom. The molecule has 0 aromatic rings. The van der Waals surface area contributed by atoms with E-state index in [9.17, 15) is 19.7 Å². The van der Waals surface area contributed by atoms with Gasteiger partial charge in [-0.15, -0.1) is 0 Å². The lowest BCUT2D eigenvalue weighted by molar-refractivity contribution is -0.511. The molecule has 0 bridgehead atoms. The molecule has 7 heteroatoms. The summed E-state index contributed by atoms with van der Waals surface area (Å²) >= 11 is 0. The van der Waals surface area contributed by atoms with Gasteiger partial charge in [0.15, 0.2) is 0 Å². The van der Waals surface area contributed by atoms with E-state index in [2.05, 4.69) is 0 Å². The van der Waals surface area contributed by atoms with Crippen molar-refractivity contribution in [1.82, 2.24) is 0 Å². The van der Waals surface area contributed by atoms with Gasteiger partial charge in [-0.25, -0.2) is 4.79 Å². The van der Waals surface area contributed by atoms with Crippen LogP contribution in [0.2, 0.25) is 0 Å². The van der Waals surface area contributed by atoms with E-state index in [1.165, 1.54) is 0 Å². The molecule has 0 rings (SSSR count). The molecule has 0 radical (unpaired) electrons. The van der Waals surface area contributed by atoms with E-state index in [0.717, 1.165) is 32.1 Å². The highest BCUT2D eigenvalue weighted by Crippen LogP contribution is 2.11. The molecule has 110 valence electrons. The summed E-state index contributed by atoms with van der Waals surface area (Å²) in [5.74, 6) is -2.15. The van der Waals surface area contributed by atoms with Gasteiger partial charge >= 0.3 is 18.0 Å². The first kappa shape index (κ1) is 17.3. The number of nitro groups is 1. The zero-order chi connectivity index (χ0) is 14.7. The molecule has 0 spiro atoms. The van der Waals surface area contributed by atoms with Crippen molar-refractivity contribution in [3.63, 3.8) is 0 Å². The highest BCUT2D eigenvalue weighted by atomic mass is 16.6. The number of nitrogens with zero attached hydrogens (tertiary/aromatic N) is 1. The summed E-state index contributed by atoms with van der Waals surface area (Å²) in [6.45, 7) is 0. The summed E-state index contributed by atoms with van der Waals surface area (Å²) in [6, 6.07) is -1.49. The van der Waals surface area contributed by atoms with E-state index in [4.69, 9.17) is 10.2 Å². The lowest BCUT2D eigenvalue weighted by Crippen LogP contribution is -2.28. The molecule has 1 unspecified atom stereocenters. The van der Waals surface area contributed by atoms with Crippen LogP contribution in [0.15, 0.2) is 0 Å². The van der Waals surface area contributed by atoms with Crippen LogP contribution >= 0.6 is 0 Å². The Kier molecular flexibility index (Phi) is 9.38. The van der Waals surface area contributed by atoms with Gasteiger partial charge in [0.05, 0.1) is 0 Å². The molecular formula is C12H21NO6. The zero-order valence-electron chi connectivity index (χ0n) is 10.9. The van der Waals surface area contributed by atoms with Crippen LogP contribution in [0.1, 0.15) is 57.8 Å². The van der Waals surface area contributed by atoms with Crippen molar-refractivity contribution < 1.29 is 24.7 Å². The van der Waals surface area contributed by atoms with Crippen LogP contribution in [0, 0.1) is 10.1 Å². The third-order valence-corrected chi connectivity index (χ3v) is 2.91. The Labute approximate surface area is 111 Å². The van der Waals surface area contributed by atoms with Gasteiger partial charge in [0.1, 0.15) is 0 Å². The molecule has 0 aromatic carbocycles. The second-order valence-corrected chi connectivity index (χ2v) is 4.55. The van der Waals surface area contributed by atoms with E-state index in [1.54, 1.807) is 0 Å². The summed E-state index contributed by atoms with van der Waals surface area (Å²) in [5.41, 5.74) is 0. The SMILES string of the molecule is O=C(O)CCCCCCCCCC(C(=O)O)[N+](=O)[O-]. The molecule has 0 heterocycles.